The highest BCUT2D eigenvalue weighted by atomic mass is 16.5. The highest BCUT2D eigenvalue weighted by molar-refractivity contribution is 5.91. The first kappa shape index (κ1) is 18.2. The lowest BCUT2D eigenvalue weighted by Crippen LogP contribution is -2.49. The van der Waals surface area contributed by atoms with E-state index < -0.39 is 5.97 Å². The number of carbonyl (C=O) groups is 2. The van der Waals surface area contributed by atoms with Gasteiger partial charge in [0.05, 0.1) is 11.3 Å². The summed E-state index contributed by atoms with van der Waals surface area (Å²) in [4.78, 5) is 26.5. The van der Waals surface area contributed by atoms with Crippen molar-refractivity contribution in [3.63, 3.8) is 0 Å². The van der Waals surface area contributed by atoms with Gasteiger partial charge < -0.3 is 9.64 Å². The van der Waals surface area contributed by atoms with Crippen molar-refractivity contribution in [3.8, 4) is 5.69 Å². The molecule has 1 saturated heterocycles. The Kier molecular flexibility index (Phi) is 5.40. The van der Waals surface area contributed by atoms with Gasteiger partial charge in [-0.25, -0.2) is 9.48 Å². The summed E-state index contributed by atoms with van der Waals surface area (Å²) in [6.45, 7) is 5.84. The van der Waals surface area contributed by atoms with Gasteiger partial charge in [0.2, 0.25) is 0 Å². The number of hydrogen-bond donors (Lipinski definition) is 0. The predicted molar refractivity (Wildman–Crippen MR) is 98.2 cm³/mol. The molecule has 1 aliphatic rings. The molecule has 138 valence electrons. The molecule has 1 amide bonds. The maximum Gasteiger partial charge on any atom is 0.338 e. The Labute approximate surface area is 153 Å². The van der Waals surface area contributed by atoms with Crippen LogP contribution in [-0.2, 0) is 9.53 Å². The minimum atomic E-state index is -0.487. The summed E-state index contributed by atoms with van der Waals surface area (Å²) in [7, 11) is 0. The third-order valence-electron chi connectivity index (χ3n) is 4.99. The van der Waals surface area contributed by atoms with E-state index in [1.807, 2.05) is 43.9 Å². The van der Waals surface area contributed by atoms with E-state index in [2.05, 4.69) is 5.10 Å². The number of aryl methyl sites for hydroxylation is 1. The smallest absolute Gasteiger partial charge is 0.338 e. The van der Waals surface area contributed by atoms with Crippen LogP contribution in [0.2, 0.25) is 0 Å². The lowest BCUT2D eigenvalue weighted by atomic mass is 9.97. The second kappa shape index (κ2) is 7.72. The fourth-order valence-corrected chi connectivity index (χ4v) is 3.58. The van der Waals surface area contributed by atoms with Gasteiger partial charge in [0.25, 0.3) is 5.91 Å². The van der Waals surface area contributed by atoms with Gasteiger partial charge in [-0.05, 0) is 70.4 Å². The van der Waals surface area contributed by atoms with E-state index in [0.29, 0.717) is 5.56 Å². The Morgan fingerprint density at radius 1 is 1.12 bits per heavy atom. The quantitative estimate of drug-likeness (QED) is 0.791. The zero-order valence-electron chi connectivity index (χ0n) is 15.5. The molecule has 26 heavy (non-hydrogen) atoms. The maximum atomic E-state index is 12.4. The molecule has 1 aromatic carbocycles. The van der Waals surface area contributed by atoms with Crippen molar-refractivity contribution >= 4 is 11.9 Å². The first-order chi connectivity index (χ1) is 12.5. The van der Waals surface area contributed by atoms with Crippen molar-refractivity contribution in [2.45, 2.75) is 52.1 Å². The molecule has 0 aliphatic carbocycles. The molecule has 0 saturated carbocycles. The van der Waals surface area contributed by atoms with Crippen LogP contribution in [0, 0.1) is 6.92 Å². The SMILES string of the molecule is Cc1ccnn1-c1ccc(C(=O)OCC(=O)N2C(C)CCCC2C)cc1. The summed E-state index contributed by atoms with van der Waals surface area (Å²) in [6, 6.07) is 9.31. The summed E-state index contributed by atoms with van der Waals surface area (Å²) in [5, 5.41) is 4.24. The zero-order valence-corrected chi connectivity index (χ0v) is 15.5. The molecule has 2 atom stereocenters. The normalized spacial score (nSPS) is 20.0. The monoisotopic (exact) mass is 355 g/mol. The molecular weight excluding hydrogens is 330 g/mol. The van der Waals surface area contributed by atoms with E-state index in [0.717, 1.165) is 30.6 Å². The molecule has 6 heteroatoms. The topological polar surface area (TPSA) is 64.4 Å². The van der Waals surface area contributed by atoms with Crippen LogP contribution in [0.15, 0.2) is 36.5 Å². The van der Waals surface area contributed by atoms with Gasteiger partial charge in [0, 0.05) is 24.0 Å². The average molecular weight is 355 g/mol. The average Bonchev–Trinajstić information content (AvgIpc) is 3.05. The van der Waals surface area contributed by atoms with E-state index in [9.17, 15) is 9.59 Å². The van der Waals surface area contributed by atoms with Gasteiger partial charge in [-0.1, -0.05) is 0 Å². The van der Waals surface area contributed by atoms with Crippen LogP contribution in [0.1, 0.15) is 49.2 Å². The summed E-state index contributed by atoms with van der Waals surface area (Å²) in [6.07, 6.45) is 4.86. The molecule has 1 fully saturated rings. The molecule has 1 aliphatic heterocycles. The molecule has 0 bridgehead atoms. The van der Waals surface area contributed by atoms with Crippen molar-refractivity contribution in [3.05, 3.63) is 47.8 Å². The van der Waals surface area contributed by atoms with Gasteiger partial charge >= 0.3 is 5.97 Å². The van der Waals surface area contributed by atoms with Gasteiger partial charge in [0.1, 0.15) is 0 Å². The van der Waals surface area contributed by atoms with Crippen LogP contribution >= 0.6 is 0 Å². The van der Waals surface area contributed by atoms with E-state index in [1.54, 1.807) is 23.0 Å². The third-order valence-corrected chi connectivity index (χ3v) is 4.99. The molecule has 0 radical (unpaired) electrons. The zero-order chi connectivity index (χ0) is 18.7. The maximum absolute atomic E-state index is 12.4. The lowest BCUT2D eigenvalue weighted by molar-refractivity contribution is -0.140. The number of ether oxygens (including phenoxy) is 1. The number of aromatic nitrogens is 2. The van der Waals surface area contributed by atoms with Crippen LogP contribution in [0.5, 0.6) is 0 Å². The molecule has 0 N–H and O–H groups in total. The predicted octanol–water partition coefficient (Wildman–Crippen LogP) is 3.13. The van der Waals surface area contributed by atoms with Crippen molar-refractivity contribution in [1.82, 2.24) is 14.7 Å². The van der Waals surface area contributed by atoms with E-state index in [1.165, 1.54) is 0 Å². The Balaban J connectivity index is 1.60. The first-order valence-corrected chi connectivity index (χ1v) is 9.06. The Morgan fingerprint density at radius 3 is 2.35 bits per heavy atom. The number of amides is 1. The second-order valence-corrected chi connectivity index (χ2v) is 6.94. The number of carbonyl (C=O) groups excluding carboxylic acids is 2. The fraction of sp³-hybridized carbons (Fsp3) is 0.450. The lowest BCUT2D eigenvalue weighted by Gasteiger charge is -2.38. The van der Waals surface area contributed by atoms with Gasteiger partial charge in [-0.2, -0.15) is 5.10 Å². The molecule has 2 heterocycles. The van der Waals surface area contributed by atoms with E-state index in [-0.39, 0.29) is 24.6 Å². The number of piperidine rings is 1. The molecular formula is C20H25N3O3. The summed E-state index contributed by atoms with van der Waals surface area (Å²) < 4.78 is 7.03. The van der Waals surface area contributed by atoms with Crippen LogP contribution in [0.3, 0.4) is 0 Å². The molecule has 1 aromatic heterocycles. The molecule has 6 nitrogen and oxygen atoms in total. The molecule has 2 unspecified atom stereocenters. The van der Waals surface area contributed by atoms with Crippen molar-refractivity contribution in [2.75, 3.05) is 6.61 Å². The van der Waals surface area contributed by atoms with Crippen molar-refractivity contribution in [1.29, 1.82) is 0 Å². The standard InChI is InChI=1S/C20H25N3O3/c1-14-5-4-6-15(2)22(14)19(24)13-26-20(25)17-7-9-18(10-8-17)23-16(3)11-12-21-23/h7-12,14-15H,4-6,13H2,1-3H3. The number of benzene rings is 1. The highest BCUT2D eigenvalue weighted by Gasteiger charge is 2.29. The highest BCUT2D eigenvalue weighted by Crippen LogP contribution is 2.22. The van der Waals surface area contributed by atoms with Crippen LogP contribution < -0.4 is 0 Å². The molecule has 0 spiro atoms. The minimum absolute atomic E-state index is 0.123. The number of hydrogen-bond acceptors (Lipinski definition) is 4. The summed E-state index contributed by atoms with van der Waals surface area (Å²) >= 11 is 0. The van der Waals surface area contributed by atoms with E-state index >= 15 is 0 Å². The van der Waals surface area contributed by atoms with Crippen LogP contribution in [0.25, 0.3) is 5.69 Å². The summed E-state index contributed by atoms with van der Waals surface area (Å²) in [5.41, 5.74) is 2.30. The summed E-state index contributed by atoms with van der Waals surface area (Å²) in [5.74, 6) is -0.610. The van der Waals surface area contributed by atoms with Crippen LogP contribution in [0.4, 0.5) is 0 Å². The number of likely N-dealkylation sites (tertiary alicyclic amines) is 1. The largest absolute Gasteiger partial charge is 0.452 e. The Bertz CT molecular complexity index is 772. The fourth-order valence-electron chi connectivity index (χ4n) is 3.58. The molecule has 2 aromatic rings. The molecule has 3 rings (SSSR count). The number of rotatable bonds is 4. The number of nitrogens with zero attached hydrogens (tertiary/aromatic N) is 3. The first-order valence-electron chi connectivity index (χ1n) is 9.06. The van der Waals surface area contributed by atoms with E-state index in [4.69, 9.17) is 4.74 Å². The Hall–Kier alpha value is -2.63. The Morgan fingerprint density at radius 2 is 1.77 bits per heavy atom. The second-order valence-electron chi connectivity index (χ2n) is 6.94. The van der Waals surface area contributed by atoms with Gasteiger partial charge in [0.15, 0.2) is 6.61 Å². The van der Waals surface area contributed by atoms with Gasteiger partial charge in [-0.3, -0.25) is 4.79 Å². The van der Waals surface area contributed by atoms with Crippen molar-refractivity contribution < 1.29 is 14.3 Å². The van der Waals surface area contributed by atoms with Gasteiger partial charge in [-0.15, -0.1) is 0 Å². The number of esters is 1. The third kappa shape index (κ3) is 3.79. The van der Waals surface area contributed by atoms with Crippen LogP contribution in [-0.4, -0.2) is 45.2 Å². The minimum Gasteiger partial charge on any atom is -0.452 e. The van der Waals surface area contributed by atoms with Crippen molar-refractivity contribution in [2.24, 2.45) is 0 Å².